The highest BCUT2D eigenvalue weighted by Gasteiger charge is 2.31. The summed E-state index contributed by atoms with van der Waals surface area (Å²) in [6.45, 7) is 0.861. The van der Waals surface area contributed by atoms with E-state index in [-0.39, 0.29) is 12.6 Å². The minimum absolute atomic E-state index is 0.204. The van der Waals surface area contributed by atoms with Crippen molar-refractivity contribution in [2.24, 2.45) is 0 Å². The molecule has 1 aliphatic carbocycles. The standard InChI is InChI=1S/C16H25NO3/c1-19-11-14(7-8-18)17-15-9-13(10-15)12-3-5-16(20-2)6-4-12/h3-6,13-15,17-18H,7-11H2,1-2H3. The maximum atomic E-state index is 9.04. The van der Waals surface area contributed by atoms with Crippen LogP contribution in [-0.2, 0) is 4.74 Å². The van der Waals surface area contributed by atoms with Crippen molar-refractivity contribution in [3.05, 3.63) is 29.8 Å². The minimum Gasteiger partial charge on any atom is -0.497 e. The Labute approximate surface area is 121 Å². The fraction of sp³-hybridized carbons (Fsp3) is 0.625. The molecule has 1 aromatic rings. The second kappa shape index (κ2) is 7.62. The van der Waals surface area contributed by atoms with Gasteiger partial charge in [0.1, 0.15) is 5.75 Å². The van der Waals surface area contributed by atoms with Gasteiger partial charge in [-0.3, -0.25) is 0 Å². The van der Waals surface area contributed by atoms with Crippen molar-refractivity contribution in [1.29, 1.82) is 0 Å². The third-order valence-electron chi connectivity index (χ3n) is 4.04. The Morgan fingerprint density at radius 1 is 1.25 bits per heavy atom. The summed E-state index contributed by atoms with van der Waals surface area (Å²) in [6, 6.07) is 9.14. The number of aliphatic hydroxyl groups is 1. The molecular formula is C16H25NO3. The number of methoxy groups -OCH3 is 2. The second-order valence-electron chi connectivity index (χ2n) is 5.47. The summed E-state index contributed by atoms with van der Waals surface area (Å²) in [4.78, 5) is 0. The molecule has 1 atom stereocenters. The zero-order valence-corrected chi connectivity index (χ0v) is 12.3. The average molecular weight is 279 g/mol. The van der Waals surface area contributed by atoms with E-state index < -0.39 is 0 Å². The van der Waals surface area contributed by atoms with Crippen LogP contribution in [0.5, 0.6) is 5.75 Å². The first-order valence-electron chi connectivity index (χ1n) is 7.26. The van der Waals surface area contributed by atoms with Crippen LogP contribution in [-0.4, -0.2) is 44.6 Å². The van der Waals surface area contributed by atoms with Crippen LogP contribution in [0.4, 0.5) is 0 Å². The molecule has 0 aliphatic heterocycles. The van der Waals surface area contributed by atoms with Gasteiger partial charge >= 0.3 is 0 Å². The smallest absolute Gasteiger partial charge is 0.118 e. The quantitative estimate of drug-likeness (QED) is 0.763. The first kappa shape index (κ1) is 15.3. The van der Waals surface area contributed by atoms with E-state index in [9.17, 15) is 0 Å². The summed E-state index contributed by atoms with van der Waals surface area (Å²) in [6.07, 6.45) is 3.05. The first-order valence-corrected chi connectivity index (χ1v) is 7.26. The summed E-state index contributed by atoms with van der Waals surface area (Å²) in [5.41, 5.74) is 1.38. The molecule has 2 rings (SSSR count). The maximum absolute atomic E-state index is 9.04. The number of nitrogens with one attached hydrogen (secondary N) is 1. The Bertz CT molecular complexity index is 381. The van der Waals surface area contributed by atoms with Gasteiger partial charge in [-0.2, -0.15) is 0 Å². The highest BCUT2D eigenvalue weighted by molar-refractivity contribution is 5.30. The zero-order valence-electron chi connectivity index (χ0n) is 12.3. The molecular weight excluding hydrogens is 254 g/mol. The van der Waals surface area contributed by atoms with Crippen molar-refractivity contribution < 1.29 is 14.6 Å². The van der Waals surface area contributed by atoms with Crippen molar-refractivity contribution in [1.82, 2.24) is 5.32 Å². The van der Waals surface area contributed by atoms with Crippen LogP contribution in [0, 0.1) is 0 Å². The molecule has 1 aromatic carbocycles. The van der Waals surface area contributed by atoms with E-state index in [4.69, 9.17) is 14.6 Å². The molecule has 0 amide bonds. The number of hydrogen-bond donors (Lipinski definition) is 2. The topological polar surface area (TPSA) is 50.7 Å². The average Bonchev–Trinajstić information content (AvgIpc) is 2.43. The summed E-state index contributed by atoms with van der Waals surface area (Å²) in [5, 5.41) is 12.6. The molecule has 4 nitrogen and oxygen atoms in total. The van der Waals surface area contributed by atoms with E-state index in [1.54, 1.807) is 14.2 Å². The van der Waals surface area contributed by atoms with Crippen LogP contribution >= 0.6 is 0 Å². The van der Waals surface area contributed by atoms with Crippen LogP contribution in [0.3, 0.4) is 0 Å². The van der Waals surface area contributed by atoms with E-state index in [2.05, 4.69) is 17.4 Å². The lowest BCUT2D eigenvalue weighted by Crippen LogP contribution is -2.47. The molecule has 20 heavy (non-hydrogen) atoms. The largest absolute Gasteiger partial charge is 0.497 e. The number of aliphatic hydroxyl groups excluding tert-OH is 1. The van der Waals surface area contributed by atoms with Gasteiger partial charge in [0.25, 0.3) is 0 Å². The number of benzene rings is 1. The fourth-order valence-electron chi connectivity index (χ4n) is 2.81. The van der Waals surface area contributed by atoms with Crippen molar-refractivity contribution in [2.75, 3.05) is 27.4 Å². The zero-order chi connectivity index (χ0) is 14.4. The normalized spacial score (nSPS) is 23.1. The monoisotopic (exact) mass is 279 g/mol. The van der Waals surface area contributed by atoms with Crippen molar-refractivity contribution in [2.45, 2.75) is 37.3 Å². The van der Waals surface area contributed by atoms with Gasteiger partial charge in [0.05, 0.1) is 13.7 Å². The molecule has 4 heteroatoms. The summed E-state index contributed by atoms with van der Waals surface area (Å²) >= 11 is 0. The first-order chi connectivity index (χ1) is 9.76. The molecule has 0 heterocycles. The Kier molecular flexibility index (Phi) is 5.83. The Balaban J connectivity index is 1.78. The van der Waals surface area contributed by atoms with Crippen LogP contribution in [0.1, 0.15) is 30.7 Å². The van der Waals surface area contributed by atoms with Gasteiger partial charge in [0.15, 0.2) is 0 Å². The molecule has 112 valence electrons. The lowest BCUT2D eigenvalue weighted by molar-refractivity contribution is 0.129. The molecule has 0 bridgehead atoms. The molecule has 1 fully saturated rings. The summed E-state index contributed by atoms with van der Waals surface area (Å²) in [7, 11) is 3.39. The van der Waals surface area contributed by atoms with Crippen LogP contribution in [0.2, 0.25) is 0 Å². The lowest BCUT2D eigenvalue weighted by Gasteiger charge is -2.38. The van der Waals surface area contributed by atoms with Crippen LogP contribution in [0.15, 0.2) is 24.3 Å². The lowest BCUT2D eigenvalue weighted by atomic mass is 9.75. The SMILES string of the molecule is COCC(CCO)NC1CC(c2ccc(OC)cc2)C1. The van der Waals surface area contributed by atoms with E-state index in [1.807, 2.05) is 12.1 Å². The molecule has 1 aliphatic rings. The molecule has 0 spiro atoms. The van der Waals surface area contributed by atoms with Gasteiger partial charge in [-0.05, 0) is 42.9 Å². The van der Waals surface area contributed by atoms with Gasteiger partial charge in [-0.1, -0.05) is 12.1 Å². The summed E-state index contributed by atoms with van der Waals surface area (Å²) in [5.74, 6) is 1.54. The number of rotatable bonds is 8. The van der Waals surface area contributed by atoms with Crippen molar-refractivity contribution in [3.63, 3.8) is 0 Å². The van der Waals surface area contributed by atoms with E-state index in [1.165, 1.54) is 5.56 Å². The number of hydrogen-bond acceptors (Lipinski definition) is 4. The van der Waals surface area contributed by atoms with E-state index >= 15 is 0 Å². The van der Waals surface area contributed by atoms with Gasteiger partial charge in [0, 0.05) is 25.8 Å². The van der Waals surface area contributed by atoms with E-state index in [0.717, 1.165) is 25.0 Å². The predicted octanol–water partition coefficient (Wildman–Crippen LogP) is 1.93. The molecule has 1 unspecified atom stereocenters. The molecule has 1 saturated carbocycles. The molecule has 0 saturated heterocycles. The predicted molar refractivity (Wildman–Crippen MR) is 79.3 cm³/mol. The van der Waals surface area contributed by atoms with Gasteiger partial charge in [-0.15, -0.1) is 0 Å². The Morgan fingerprint density at radius 2 is 1.95 bits per heavy atom. The highest BCUT2D eigenvalue weighted by atomic mass is 16.5. The molecule has 2 N–H and O–H groups in total. The van der Waals surface area contributed by atoms with Crippen LogP contribution < -0.4 is 10.1 Å². The molecule has 0 radical (unpaired) electrons. The van der Waals surface area contributed by atoms with Crippen molar-refractivity contribution in [3.8, 4) is 5.75 Å². The van der Waals surface area contributed by atoms with E-state index in [0.29, 0.717) is 18.6 Å². The minimum atomic E-state index is 0.204. The Morgan fingerprint density at radius 3 is 2.50 bits per heavy atom. The Hall–Kier alpha value is -1.10. The van der Waals surface area contributed by atoms with Gasteiger partial charge in [-0.25, -0.2) is 0 Å². The van der Waals surface area contributed by atoms with Gasteiger partial charge < -0.3 is 19.9 Å². The fourth-order valence-corrected chi connectivity index (χ4v) is 2.81. The second-order valence-corrected chi connectivity index (χ2v) is 5.47. The van der Waals surface area contributed by atoms with Crippen LogP contribution in [0.25, 0.3) is 0 Å². The third kappa shape index (κ3) is 3.95. The van der Waals surface area contributed by atoms with Crippen molar-refractivity contribution >= 4 is 0 Å². The highest BCUT2D eigenvalue weighted by Crippen LogP contribution is 2.37. The molecule has 0 aromatic heterocycles. The summed E-state index contributed by atoms with van der Waals surface area (Å²) < 4.78 is 10.4. The third-order valence-corrected chi connectivity index (χ3v) is 4.04. The number of ether oxygens (including phenoxy) is 2. The van der Waals surface area contributed by atoms with Gasteiger partial charge in [0.2, 0.25) is 0 Å². The maximum Gasteiger partial charge on any atom is 0.118 e.